The third kappa shape index (κ3) is 4.20. The van der Waals surface area contributed by atoms with Crippen LogP contribution in [0.15, 0.2) is 47.4 Å². The summed E-state index contributed by atoms with van der Waals surface area (Å²) in [6, 6.07) is 11.3. The molecule has 0 aliphatic carbocycles. The number of nitrogens with zero attached hydrogens (tertiary/aromatic N) is 1. The van der Waals surface area contributed by atoms with Crippen molar-refractivity contribution >= 4 is 0 Å². The Morgan fingerprint density at radius 3 is 2.62 bits per heavy atom. The fourth-order valence-electron chi connectivity index (χ4n) is 2.20. The molecule has 112 valence electrons. The SMILES string of the molecule is Cc1c(OCc2ccccc2)c(=O)ccn1CCCCO. The summed E-state index contributed by atoms with van der Waals surface area (Å²) in [4.78, 5) is 12.0. The number of ether oxygens (including phenoxy) is 1. The summed E-state index contributed by atoms with van der Waals surface area (Å²) in [5, 5.41) is 8.84. The van der Waals surface area contributed by atoms with Crippen LogP contribution in [0.1, 0.15) is 24.1 Å². The monoisotopic (exact) mass is 287 g/mol. The first-order chi connectivity index (χ1) is 10.2. The highest BCUT2D eigenvalue weighted by atomic mass is 16.5. The zero-order chi connectivity index (χ0) is 15.1. The molecule has 2 aromatic rings. The number of pyridine rings is 1. The predicted octanol–water partition coefficient (Wildman–Crippen LogP) is 2.51. The summed E-state index contributed by atoms with van der Waals surface area (Å²) < 4.78 is 7.72. The van der Waals surface area contributed by atoms with E-state index < -0.39 is 0 Å². The van der Waals surface area contributed by atoms with E-state index in [2.05, 4.69) is 0 Å². The van der Waals surface area contributed by atoms with Crippen molar-refractivity contribution < 1.29 is 9.84 Å². The van der Waals surface area contributed by atoms with Crippen LogP contribution in [0, 0.1) is 6.92 Å². The Labute approximate surface area is 124 Å². The van der Waals surface area contributed by atoms with Crippen molar-refractivity contribution in [1.29, 1.82) is 0 Å². The molecular formula is C17H21NO3. The Morgan fingerprint density at radius 1 is 1.14 bits per heavy atom. The quantitative estimate of drug-likeness (QED) is 0.796. The van der Waals surface area contributed by atoms with Gasteiger partial charge in [-0.2, -0.15) is 0 Å². The van der Waals surface area contributed by atoms with E-state index in [1.54, 1.807) is 6.20 Å². The van der Waals surface area contributed by atoms with Crippen LogP contribution >= 0.6 is 0 Å². The summed E-state index contributed by atoms with van der Waals surface area (Å²) >= 11 is 0. The molecule has 0 fully saturated rings. The van der Waals surface area contributed by atoms with Crippen molar-refractivity contribution in [3.63, 3.8) is 0 Å². The molecule has 1 heterocycles. The number of hydrogen-bond acceptors (Lipinski definition) is 3. The Hall–Kier alpha value is -2.07. The highest BCUT2D eigenvalue weighted by Gasteiger charge is 2.08. The van der Waals surface area contributed by atoms with Gasteiger partial charge in [0.2, 0.25) is 5.43 Å². The van der Waals surface area contributed by atoms with Crippen LogP contribution in [0.5, 0.6) is 5.75 Å². The van der Waals surface area contributed by atoms with E-state index in [1.807, 2.05) is 41.8 Å². The van der Waals surface area contributed by atoms with Crippen LogP contribution in [0.3, 0.4) is 0 Å². The Bertz CT molecular complexity index is 620. The molecular weight excluding hydrogens is 266 g/mol. The normalized spacial score (nSPS) is 10.6. The van der Waals surface area contributed by atoms with Gasteiger partial charge in [0.25, 0.3) is 0 Å². The molecule has 0 aliphatic rings. The molecule has 4 heteroatoms. The summed E-state index contributed by atoms with van der Waals surface area (Å²) in [7, 11) is 0. The lowest BCUT2D eigenvalue weighted by Gasteiger charge is -2.14. The van der Waals surface area contributed by atoms with Gasteiger partial charge < -0.3 is 14.4 Å². The number of aliphatic hydroxyl groups is 1. The molecule has 1 aromatic carbocycles. The smallest absolute Gasteiger partial charge is 0.223 e. The maximum absolute atomic E-state index is 12.0. The number of aliphatic hydroxyl groups excluding tert-OH is 1. The number of benzene rings is 1. The maximum Gasteiger partial charge on any atom is 0.223 e. The van der Waals surface area contributed by atoms with E-state index in [0.717, 1.165) is 30.6 Å². The van der Waals surface area contributed by atoms with Crippen LogP contribution in [0.2, 0.25) is 0 Å². The number of unbranched alkanes of at least 4 members (excludes halogenated alkanes) is 1. The van der Waals surface area contributed by atoms with Crippen molar-refractivity contribution in [1.82, 2.24) is 4.57 Å². The van der Waals surface area contributed by atoms with E-state index in [9.17, 15) is 4.79 Å². The Balaban J connectivity index is 2.11. The second-order valence-corrected chi connectivity index (χ2v) is 4.99. The van der Waals surface area contributed by atoms with Crippen LogP contribution in [0.4, 0.5) is 0 Å². The Morgan fingerprint density at radius 2 is 1.90 bits per heavy atom. The molecule has 0 unspecified atom stereocenters. The van der Waals surface area contributed by atoms with Crippen molar-refractivity contribution in [2.75, 3.05) is 6.61 Å². The van der Waals surface area contributed by atoms with E-state index in [4.69, 9.17) is 9.84 Å². The van der Waals surface area contributed by atoms with Crippen molar-refractivity contribution in [2.24, 2.45) is 0 Å². The minimum absolute atomic E-state index is 0.0955. The van der Waals surface area contributed by atoms with E-state index >= 15 is 0 Å². The lowest BCUT2D eigenvalue weighted by atomic mass is 10.2. The third-order valence-corrected chi connectivity index (χ3v) is 3.42. The van der Waals surface area contributed by atoms with Crippen molar-refractivity contribution in [3.05, 3.63) is 64.1 Å². The van der Waals surface area contributed by atoms with Gasteiger partial charge in [0.1, 0.15) is 6.61 Å². The molecule has 0 radical (unpaired) electrons. The minimum Gasteiger partial charge on any atom is -0.483 e. The summed E-state index contributed by atoms with van der Waals surface area (Å²) in [6.07, 6.45) is 3.41. The van der Waals surface area contributed by atoms with Gasteiger partial charge in [-0.05, 0) is 25.3 Å². The number of hydrogen-bond donors (Lipinski definition) is 1. The van der Waals surface area contributed by atoms with Gasteiger partial charge in [-0.25, -0.2) is 0 Å². The number of rotatable bonds is 7. The largest absolute Gasteiger partial charge is 0.483 e. The molecule has 0 aliphatic heterocycles. The average molecular weight is 287 g/mol. The molecule has 1 aromatic heterocycles. The second-order valence-electron chi connectivity index (χ2n) is 4.99. The molecule has 0 atom stereocenters. The first kappa shape index (κ1) is 15.3. The highest BCUT2D eigenvalue weighted by molar-refractivity contribution is 5.27. The molecule has 21 heavy (non-hydrogen) atoms. The molecule has 1 N–H and O–H groups in total. The van der Waals surface area contributed by atoms with Gasteiger partial charge in [-0.1, -0.05) is 30.3 Å². The van der Waals surface area contributed by atoms with Gasteiger partial charge in [0.05, 0.1) is 5.69 Å². The van der Waals surface area contributed by atoms with Crippen molar-refractivity contribution in [3.8, 4) is 5.75 Å². The third-order valence-electron chi connectivity index (χ3n) is 3.42. The van der Waals surface area contributed by atoms with Gasteiger partial charge in [-0.3, -0.25) is 4.79 Å². The minimum atomic E-state index is -0.0955. The maximum atomic E-state index is 12.0. The van der Waals surface area contributed by atoms with Gasteiger partial charge in [-0.15, -0.1) is 0 Å². The topological polar surface area (TPSA) is 51.5 Å². The van der Waals surface area contributed by atoms with Gasteiger partial charge in [0.15, 0.2) is 5.75 Å². The van der Waals surface area contributed by atoms with E-state index in [0.29, 0.717) is 12.4 Å². The summed E-state index contributed by atoms with van der Waals surface area (Å²) in [5.41, 5.74) is 1.77. The van der Waals surface area contributed by atoms with Crippen LogP contribution in [-0.4, -0.2) is 16.3 Å². The summed E-state index contributed by atoms with van der Waals surface area (Å²) in [6.45, 7) is 3.24. The van der Waals surface area contributed by atoms with Gasteiger partial charge in [0, 0.05) is 25.4 Å². The first-order valence-electron chi connectivity index (χ1n) is 7.20. The average Bonchev–Trinajstić information content (AvgIpc) is 2.50. The molecule has 2 rings (SSSR count). The number of aromatic nitrogens is 1. The molecule has 0 saturated carbocycles. The fourth-order valence-corrected chi connectivity index (χ4v) is 2.20. The molecule has 0 bridgehead atoms. The number of aryl methyl sites for hydroxylation is 1. The molecule has 0 amide bonds. The predicted molar refractivity (Wildman–Crippen MR) is 82.5 cm³/mol. The molecule has 0 saturated heterocycles. The Kier molecular flexibility index (Phi) is 5.58. The van der Waals surface area contributed by atoms with Crippen molar-refractivity contribution in [2.45, 2.75) is 32.9 Å². The lowest BCUT2D eigenvalue weighted by Crippen LogP contribution is -2.15. The highest BCUT2D eigenvalue weighted by Crippen LogP contribution is 2.14. The van der Waals surface area contributed by atoms with Gasteiger partial charge >= 0.3 is 0 Å². The zero-order valence-corrected chi connectivity index (χ0v) is 12.3. The van der Waals surface area contributed by atoms with Crippen LogP contribution in [-0.2, 0) is 13.2 Å². The molecule has 0 spiro atoms. The van der Waals surface area contributed by atoms with E-state index in [1.165, 1.54) is 6.07 Å². The standard InChI is InChI=1S/C17H21NO3/c1-14-17(21-13-15-7-3-2-4-8-15)16(20)9-11-18(14)10-5-6-12-19/h2-4,7-9,11,19H,5-6,10,12-13H2,1H3. The van der Waals surface area contributed by atoms with Crippen LogP contribution in [0.25, 0.3) is 0 Å². The summed E-state index contributed by atoms with van der Waals surface area (Å²) in [5.74, 6) is 0.408. The second kappa shape index (κ2) is 7.64. The van der Waals surface area contributed by atoms with Crippen LogP contribution < -0.4 is 10.2 Å². The fraction of sp³-hybridized carbons (Fsp3) is 0.353. The zero-order valence-electron chi connectivity index (χ0n) is 12.3. The lowest BCUT2D eigenvalue weighted by molar-refractivity contribution is 0.279. The first-order valence-corrected chi connectivity index (χ1v) is 7.20. The molecule has 4 nitrogen and oxygen atoms in total. The van der Waals surface area contributed by atoms with E-state index in [-0.39, 0.29) is 12.0 Å².